The molecule has 1 aliphatic rings. The molecular weight excluding hydrogens is 420 g/mol. The van der Waals surface area contributed by atoms with Crippen LogP contribution in [0.1, 0.15) is 51.4 Å². The second kappa shape index (κ2) is 7.87. The number of hydrogen-bond acceptors (Lipinski definition) is 8. The molecule has 174 valence electrons. The number of ether oxygens (including phenoxy) is 1. The van der Waals surface area contributed by atoms with Crippen molar-refractivity contribution in [3.63, 3.8) is 0 Å². The third kappa shape index (κ3) is 3.74. The summed E-state index contributed by atoms with van der Waals surface area (Å²) < 4.78 is 8.90. The second-order valence-corrected chi connectivity index (χ2v) is 9.33. The van der Waals surface area contributed by atoms with E-state index in [0.29, 0.717) is 16.9 Å². The van der Waals surface area contributed by atoms with Crippen molar-refractivity contribution in [2.45, 2.75) is 51.2 Å². The summed E-state index contributed by atoms with van der Waals surface area (Å²) in [6.45, 7) is 7.29. The molecule has 5 rings (SSSR count). The molecule has 0 saturated carbocycles. The number of aromatic nitrogens is 6. The van der Waals surface area contributed by atoms with E-state index in [0.717, 1.165) is 42.8 Å². The molecule has 33 heavy (non-hydrogen) atoms. The number of fused-ring (bicyclic) bond motifs is 3. The van der Waals surface area contributed by atoms with Crippen LogP contribution in [0, 0.1) is 0 Å². The van der Waals surface area contributed by atoms with E-state index in [1.165, 1.54) is 0 Å². The molecular formula is C23H30N8O2. The first-order chi connectivity index (χ1) is 15.8. The SMILES string of the molecule is COc1cccc2c1nc(N)n1nc([C@@H]3CCCN(c4cnn(C(C)C(C)(C)O)c4)C3)nc21. The highest BCUT2D eigenvalue weighted by Crippen LogP contribution is 2.32. The number of nitrogens with zero attached hydrogens (tertiary/aromatic N) is 7. The van der Waals surface area contributed by atoms with E-state index < -0.39 is 5.60 Å². The number of rotatable bonds is 5. The molecule has 0 bridgehead atoms. The maximum atomic E-state index is 10.3. The van der Waals surface area contributed by atoms with Crippen molar-refractivity contribution >= 4 is 28.2 Å². The lowest BCUT2D eigenvalue weighted by Crippen LogP contribution is -2.34. The minimum absolute atomic E-state index is 0.132. The van der Waals surface area contributed by atoms with Crippen LogP contribution in [0.15, 0.2) is 30.6 Å². The molecule has 1 fully saturated rings. The van der Waals surface area contributed by atoms with Gasteiger partial charge in [0, 0.05) is 30.6 Å². The van der Waals surface area contributed by atoms with Crippen LogP contribution in [0.3, 0.4) is 0 Å². The van der Waals surface area contributed by atoms with Crippen LogP contribution in [0.4, 0.5) is 11.6 Å². The van der Waals surface area contributed by atoms with Gasteiger partial charge in [0.15, 0.2) is 11.5 Å². The van der Waals surface area contributed by atoms with Crippen molar-refractivity contribution in [1.29, 1.82) is 0 Å². The fraction of sp³-hybridized carbons (Fsp3) is 0.478. The number of nitrogens with two attached hydrogens (primary N) is 1. The maximum absolute atomic E-state index is 10.3. The van der Waals surface area contributed by atoms with Crippen LogP contribution in [-0.4, -0.2) is 60.3 Å². The summed E-state index contributed by atoms with van der Waals surface area (Å²) in [5, 5.41) is 20.4. The zero-order valence-electron chi connectivity index (χ0n) is 19.4. The Morgan fingerprint density at radius 2 is 2.09 bits per heavy atom. The number of aliphatic hydroxyl groups is 1. The molecule has 1 unspecified atom stereocenters. The van der Waals surface area contributed by atoms with Gasteiger partial charge < -0.3 is 20.5 Å². The molecule has 1 aliphatic heterocycles. The Morgan fingerprint density at radius 1 is 1.27 bits per heavy atom. The minimum atomic E-state index is -0.854. The first kappa shape index (κ1) is 21.4. The van der Waals surface area contributed by atoms with Gasteiger partial charge >= 0.3 is 0 Å². The Balaban J connectivity index is 1.45. The maximum Gasteiger partial charge on any atom is 0.223 e. The van der Waals surface area contributed by atoms with Gasteiger partial charge in [-0.1, -0.05) is 6.07 Å². The largest absolute Gasteiger partial charge is 0.494 e. The van der Waals surface area contributed by atoms with Gasteiger partial charge in [-0.25, -0.2) is 9.97 Å². The summed E-state index contributed by atoms with van der Waals surface area (Å²) in [5.41, 5.74) is 7.78. The zero-order valence-corrected chi connectivity index (χ0v) is 19.4. The van der Waals surface area contributed by atoms with Gasteiger partial charge in [0.05, 0.1) is 30.6 Å². The van der Waals surface area contributed by atoms with E-state index in [1.807, 2.05) is 42.2 Å². The molecule has 1 aromatic carbocycles. The molecule has 2 atom stereocenters. The quantitative estimate of drug-likeness (QED) is 0.476. The summed E-state index contributed by atoms with van der Waals surface area (Å²) in [5.74, 6) is 1.87. The highest BCUT2D eigenvalue weighted by Gasteiger charge is 2.29. The van der Waals surface area contributed by atoms with E-state index in [9.17, 15) is 5.11 Å². The van der Waals surface area contributed by atoms with Gasteiger partial charge in [0.1, 0.15) is 11.3 Å². The number of methoxy groups -OCH3 is 1. The summed E-state index contributed by atoms with van der Waals surface area (Å²) in [4.78, 5) is 11.7. The number of benzene rings is 1. The van der Waals surface area contributed by atoms with Crippen molar-refractivity contribution in [2.24, 2.45) is 0 Å². The van der Waals surface area contributed by atoms with E-state index in [1.54, 1.807) is 25.5 Å². The van der Waals surface area contributed by atoms with Gasteiger partial charge in [-0.05, 0) is 45.7 Å². The van der Waals surface area contributed by atoms with Crippen LogP contribution in [0.25, 0.3) is 16.6 Å². The number of hydrogen-bond donors (Lipinski definition) is 2. The number of para-hydroxylation sites is 1. The lowest BCUT2D eigenvalue weighted by Gasteiger charge is -2.32. The lowest BCUT2D eigenvalue weighted by molar-refractivity contribution is 0.0258. The average Bonchev–Trinajstić information content (AvgIpc) is 3.46. The van der Waals surface area contributed by atoms with Crippen LogP contribution < -0.4 is 15.4 Å². The summed E-state index contributed by atoms with van der Waals surface area (Å²) >= 11 is 0. The van der Waals surface area contributed by atoms with E-state index in [4.69, 9.17) is 20.6 Å². The first-order valence-corrected chi connectivity index (χ1v) is 11.3. The molecule has 4 aromatic rings. The summed E-state index contributed by atoms with van der Waals surface area (Å²) in [6, 6.07) is 5.61. The number of anilines is 2. The molecule has 3 N–H and O–H groups in total. The topological polar surface area (TPSA) is 120 Å². The minimum Gasteiger partial charge on any atom is -0.494 e. The summed E-state index contributed by atoms with van der Waals surface area (Å²) in [7, 11) is 1.62. The van der Waals surface area contributed by atoms with Crippen molar-refractivity contribution in [1.82, 2.24) is 29.4 Å². The zero-order chi connectivity index (χ0) is 23.3. The Kier molecular flexibility index (Phi) is 5.12. The molecule has 0 aliphatic carbocycles. The van der Waals surface area contributed by atoms with Gasteiger partial charge in [0.25, 0.3) is 0 Å². The lowest BCUT2D eigenvalue weighted by atomic mass is 9.97. The monoisotopic (exact) mass is 450 g/mol. The molecule has 0 spiro atoms. The number of nitrogen functional groups attached to an aromatic ring is 1. The van der Waals surface area contributed by atoms with Crippen LogP contribution >= 0.6 is 0 Å². The number of piperidine rings is 1. The van der Waals surface area contributed by atoms with Crippen molar-refractivity contribution in [3.8, 4) is 5.75 Å². The van der Waals surface area contributed by atoms with E-state index >= 15 is 0 Å². The summed E-state index contributed by atoms with van der Waals surface area (Å²) in [6.07, 6.45) is 5.89. The highest BCUT2D eigenvalue weighted by molar-refractivity contribution is 5.95. The Hall–Kier alpha value is -3.40. The molecule has 0 radical (unpaired) electrons. The third-order valence-electron chi connectivity index (χ3n) is 6.69. The Labute approximate surface area is 192 Å². The second-order valence-electron chi connectivity index (χ2n) is 9.33. The molecule has 10 nitrogen and oxygen atoms in total. The standard InChI is InChI=1S/C23H30N8O2/c1-14(23(2,3)32)30-13-16(11-25-30)29-10-6-7-15(12-29)20-27-21-17-8-5-9-18(33-4)19(17)26-22(24)31(21)28-20/h5,8-9,11,13-15,32H,6-7,10,12H2,1-4H3,(H2,24,26)/t14?,15-/m1/s1. The Bertz CT molecular complexity index is 1310. The third-order valence-corrected chi connectivity index (χ3v) is 6.69. The van der Waals surface area contributed by atoms with Gasteiger partial charge in [-0.2, -0.15) is 9.61 Å². The molecule has 4 heterocycles. The predicted molar refractivity (Wildman–Crippen MR) is 127 cm³/mol. The molecule has 0 amide bonds. The smallest absolute Gasteiger partial charge is 0.223 e. The van der Waals surface area contributed by atoms with Gasteiger partial charge in [-0.3, -0.25) is 4.68 Å². The predicted octanol–water partition coefficient (Wildman–Crippen LogP) is 2.78. The van der Waals surface area contributed by atoms with Crippen molar-refractivity contribution in [2.75, 3.05) is 30.8 Å². The van der Waals surface area contributed by atoms with Crippen LogP contribution in [-0.2, 0) is 0 Å². The highest BCUT2D eigenvalue weighted by atomic mass is 16.5. The van der Waals surface area contributed by atoms with E-state index in [-0.39, 0.29) is 17.9 Å². The average molecular weight is 451 g/mol. The van der Waals surface area contributed by atoms with Crippen molar-refractivity contribution in [3.05, 3.63) is 36.4 Å². The fourth-order valence-corrected chi connectivity index (χ4v) is 4.43. The molecule has 3 aromatic heterocycles. The van der Waals surface area contributed by atoms with Crippen molar-refractivity contribution < 1.29 is 9.84 Å². The molecule has 1 saturated heterocycles. The van der Waals surface area contributed by atoms with E-state index in [2.05, 4.69) is 15.0 Å². The normalized spacial score (nSPS) is 18.2. The van der Waals surface area contributed by atoms with Crippen LogP contribution in [0.2, 0.25) is 0 Å². The Morgan fingerprint density at radius 3 is 2.85 bits per heavy atom. The van der Waals surface area contributed by atoms with Gasteiger partial charge in [0.2, 0.25) is 5.95 Å². The van der Waals surface area contributed by atoms with Crippen LogP contribution in [0.5, 0.6) is 5.75 Å². The first-order valence-electron chi connectivity index (χ1n) is 11.3. The van der Waals surface area contributed by atoms with Gasteiger partial charge in [-0.15, -0.1) is 5.10 Å². The fourth-order valence-electron chi connectivity index (χ4n) is 4.43. The molecule has 10 heteroatoms.